The highest BCUT2D eigenvalue weighted by Gasteiger charge is 2.26. The molecule has 0 bridgehead atoms. The Bertz CT molecular complexity index is 1160. The van der Waals surface area contributed by atoms with Gasteiger partial charge in [-0.05, 0) is 56.3 Å². The van der Waals surface area contributed by atoms with E-state index in [1.54, 1.807) is 24.4 Å². The molecule has 156 valence electrons. The van der Waals surface area contributed by atoms with Crippen LogP contribution in [0.2, 0.25) is 10.0 Å². The minimum Gasteiger partial charge on any atom is -0.506 e. The third-order valence-corrected chi connectivity index (χ3v) is 5.70. The van der Waals surface area contributed by atoms with Gasteiger partial charge in [-0.1, -0.05) is 23.2 Å². The van der Waals surface area contributed by atoms with Crippen LogP contribution >= 0.6 is 23.2 Å². The van der Waals surface area contributed by atoms with Gasteiger partial charge in [0.15, 0.2) is 0 Å². The number of carbonyl (C=O) groups excluding carboxylic acids is 1. The number of piperidine rings is 1. The van der Waals surface area contributed by atoms with Gasteiger partial charge in [0.05, 0.1) is 16.4 Å². The van der Waals surface area contributed by atoms with Crippen LogP contribution in [0, 0.1) is 5.92 Å². The van der Waals surface area contributed by atoms with E-state index in [1.165, 1.54) is 22.6 Å². The lowest BCUT2D eigenvalue weighted by Gasteiger charge is -2.31. The van der Waals surface area contributed by atoms with Crippen LogP contribution in [0.3, 0.4) is 0 Å². The van der Waals surface area contributed by atoms with Crippen LogP contribution in [-0.2, 0) is 11.3 Å². The second-order valence-corrected chi connectivity index (χ2v) is 8.24. The standard InChI is InChI=1S/C21H20Cl2N4O3/c22-14-1-3-18(28)17(9-14)25-21(30)13-5-7-26(8-6-13)12-16-10-20(29)27-11-15(23)2-4-19(27)24-16/h1-4,9-11,13,28H,5-8,12H2,(H,25,30). The summed E-state index contributed by atoms with van der Waals surface area (Å²) in [6, 6.07) is 9.48. The number of nitrogens with one attached hydrogen (secondary N) is 1. The van der Waals surface area contributed by atoms with Crippen molar-refractivity contribution in [2.24, 2.45) is 5.92 Å². The molecule has 0 spiro atoms. The van der Waals surface area contributed by atoms with Crippen molar-refractivity contribution in [3.63, 3.8) is 0 Å². The first-order chi connectivity index (χ1) is 14.4. The largest absolute Gasteiger partial charge is 0.506 e. The highest BCUT2D eigenvalue weighted by Crippen LogP contribution is 2.28. The molecule has 0 atom stereocenters. The molecule has 3 aromatic rings. The summed E-state index contributed by atoms with van der Waals surface area (Å²) in [7, 11) is 0. The number of phenols is 1. The molecule has 0 radical (unpaired) electrons. The zero-order chi connectivity index (χ0) is 21.3. The number of nitrogens with zero attached hydrogens (tertiary/aromatic N) is 3. The highest BCUT2D eigenvalue weighted by atomic mass is 35.5. The molecule has 1 fully saturated rings. The van der Waals surface area contributed by atoms with Gasteiger partial charge in [0, 0.05) is 29.7 Å². The predicted molar refractivity (Wildman–Crippen MR) is 116 cm³/mol. The summed E-state index contributed by atoms with van der Waals surface area (Å²) in [6.45, 7) is 1.96. The maximum Gasteiger partial charge on any atom is 0.258 e. The quantitative estimate of drug-likeness (QED) is 0.598. The summed E-state index contributed by atoms with van der Waals surface area (Å²) in [6.07, 6.45) is 2.91. The van der Waals surface area contributed by atoms with Crippen molar-refractivity contribution in [2.75, 3.05) is 18.4 Å². The Balaban J connectivity index is 1.37. The average Bonchev–Trinajstić information content (AvgIpc) is 2.72. The van der Waals surface area contributed by atoms with Crippen LogP contribution in [0.25, 0.3) is 5.65 Å². The third-order valence-electron chi connectivity index (χ3n) is 5.24. The van der Waals surface area contributed by atoms with Gasteiger partial charge in [-0.25, -0.2) is 4.98 Å². The SMILES string of the molecule is O=C(Nc1cc(Cl)ccc1O)C1CCN(Cc2cc(=O)n3cc(Cl)ccc3n2)CC1. The Labute approximate surface area is 182 Å². The molecule has 1 aliphatic heterocycles. The van der Waals surface area contributed by atoms with E-state index in [4.69, 9.17) is 23.2 Å². The normalized spacial score (nSPS) is 15.4. The van der Waals surface area contributed by atoms with Gasteiger partial charge >= 0.3 is 0 Å². The number of aromatic hydroxyl groups is 1. The molecule has 1 aromatic carbocycles. The van der Waals surface area contributed by atoms with Crippen LogP contribution in [0.15, 0.2) is 47.4 Å². The van der Waals surface area contributed by atoms with Crippen molar-refractivity contribution in [1.82, 2.24) is 14.3 Å². The molecule has 0 aliphatic carbocycles. The molecular formula is C21H20Cl2N4O3. The molecule has 1 amide bonds. The molecule has 7 nitrogen and oxygen atoms in total. The minimum atomic E-state index is -0.173. The summed E-state index contributed by atoms with van der Waals surface area (Å²) >= 11 is 11.9. The van der Waals surface area contributed by atoms with E-state index in [0.29, 0.717) is 59.5 Å². The zero-order valence-electron chi connectivity index (χ0n) is 16.0. The number of anilines is 1. The van der Waals surface area contributed by atoms with E-state index in [1.807, 2.05) is 0 Å². The molecule has 0 saturated carbocycles. The smallest absolute Gasteiger partial charge is 0.258 e. The number of halogens is 2. The van der Waals surface area contributed by atoms with E-state index < -0.39 is 0 Å². The van der Waals surface area contributed by atoms with E-state index >= 15 is 0 Å². The second-order valence-electron chi connectivity index (χ2n) is 7.36. The lowest BCUT2D eigenvalue weighted by atomic mass is 9.95. The Kier molecular flexibility index (Phi) is 5.94. The van der Waals surface area contributed by atoms with Gasteiger partial charge in [-0.15, -0.1) is 0 Å². The molecule has 4 rings (SSSR count). The van der Waals surface area contributed by atoms with Crippen molar-refractivity contribution in [2.45, 2.75) is 19.4 Å². The number of likely N-dealkylation sites (tertiary alicyclic amines) is 1. The number of hydrogen-bond donors (Lipinski definition) is 2. The summed E-state index contributed by atoms with van der Waals surface area (Å²) in [5.74, 6) is -0.303. The van der Waals surface area contributed by atoms with Crippen LogP contribution in [0.4, 0.5) is 5.69 Å². The number of amides is 1. The zero-order valence-corrected chi connectivity index (χ0v) is 17.5. The third kappa shape index (κ3) is 4.59. The van der Waals surface area contributed by atoms with E-state index in [-0.39, 0.29) is 23.1 Å². The Morgan fingerprint density at radius 3 is 2.63 bits per heavy atom. The fraction of sp³-hybridized carbons (Fsp3) is 0.286. The van der Waals surface area contributed by atoms with Gasteiger partial charge in [0.1, 0.15) is 11.4 Å². The molecular weight excluding hydrogens is 427 g/mol. The van der Waals surface area contributed by atoms with Crippen molar-refractivity contribution < 1.29 is 9.90 Å². The van der Waals surface area contributed by atoms with E-state index in [2.05, 4.69) is 15.2 Å². The van der Waals surface area contributed by atoms with Crippen molar-refractivity contribution in [3.8, 4) is 5.75 Å². The van der Waals surface area contributed by atoms with Crippen molar-refractivity contribution in [3.05, 3.63) is 68.7 Å². The Morgan fingerprint density at radius 2 is 1.87 bits per heavy atom. The topological polar surface area (TPSA) is 86.9 Å². The molecule has 0 unspecified atom stereocenters. The first-order valence-electron chi connectivity index (χ1n) is 9.58. The highest BCUT2D eigenvalue weighted by molar-refractivity contribution is 6.31. The lowest BCUT2D eigenvalue weighted by molar-refractivity contribution is -0.121. The van der Waals surface area contributed by atoms with E-state index in [9.17, 15) is 14.7 Å². The molecule has 3 heterocycles. The lowest BCUT2D eigenvalue weighted by Crippen LogP contribution is -2.38. The fourth-order valence-electron chi connectivity index (χ4n) is 3.63. The minimum absolute atomic E-state index is 0.0138. The number of benzene rings is 1. The number of carbonyl (C=O) groups is 1. The second kappa shape index (κ2) is 8.63. The number of pyridine rings is 1. The number of rotatable bonds is 4. The monoisotopic (exact) mass is 446 g/mol. The summed E-state index contributed by atoms with van der Waals surface area (Å²) in [5.41, 5.74) is 1.38. The van der Waals surface area contributed by atoms with Crippen LogP contribution < -0.4 is 10.9 Å². The van der Waals surface area contributed by atoms with Gasteiger partial charge in [0.25, 0.3) is 5.56 Å². The molecule has 1 aliphatic rings. The maximum absolute atomic E-state index is 12.6. The number of aromatic nitrogens is 2. The van der Waals surface area contributed by atoms with E-state index in [0.717, 1.165) is 0 Å². The Hall–Kier alpha value is -2.61. The number of hydrogen-bond acceptors (Lipinski definition) is 5. The molecule has 2 N–H and O–H groups in total. The van der Waals surface area contributed by atoms with Crippen LogP contribution in [0.1, 0.15) is 18.5 Å². The maximum atomic E-state index is 12.6. The van der Waals surface area contributed by atoms with Crippen molar-refractivity contribution >= 4 is 40.4 Å². The summed E-state index contributed by atoms with van der Waals surface area (Å²) in [5, 5.41) is 13.6. The van der Waals surface area contributed by atoms with Crippen LogP contribution in [0.5, 0.6) is 5.75 Å². The van der Waals surface area contributed by atoms with Gasteiger partial charge in [0.2, 0.25) is 5.91 Å². The number of phenolic OH excluding ortho intramolecular Hbond substituents is 1. The molecule has 30 heavy (non-hydrogen) atoms. The van der Waals surface area contributed by atoms with Crippen LogP contribution in [-0.4, -0.2) is 38.4 Å². The number of fused-ring (bicyclic) bond motifs is 1. The first-order valence-corrected chi connectivity index (χ1v) is 10.3. The Morgan fingerprint density at radius 1 is 1.13 bits per heavy atom. The molecule has 2 aromatic heterocycles. The predicted octanol–water partition coefficient (Wildman–Crippen LogP) is 3.56. The molecule has 9 heteroatoms. The van der Waals surface area contributed by atoms with Gasteiger partial charge < -0.3 is 10.4 Å². The summed E-state index contributed by atoms with van der Waals surface area (Å²) in [4.78, 5) is 31.6. The fourth-order valence-corrected chi connectivity index (χ4v) is 3.97. The van der Waals surface area contributed by atoms with Gasteiger partial charge in [-0.2, -0.15) is 0 Å². The summed E-state index contributed by atoms with van der Waals surface area (Å²) < 4.78 is 1.42. The average molecular weight is 447 g/mol. The van der Waals surface area contributed by atoms with Gasteiger partial charge in [-0.3, -0.25) is 18.9 Å². The molecule has 1 saturated heterocycles. The first kappa shape index (κ1) is 20.7. The van der Waals surface area contributed by atoms with Crippen molar-refractivity contribution in [1.29, 1.82) is 0 Å².